The van der Waals surface area contributed by atoms with Crippen LogP contribution in [0, 0.1) is 5.82 Å². The van der Waals surface area contributed by atoms with Crippen LogP contribution in [0.2, 0.25) is 0 Å². The number of hydrogen-bond donors (Lipinski definition) is 1. The molecule has 1 aromatic rings. The van der Waals surface area contributed by atoms with Crippen molar-refractivity contribution in [1.29, 1.82) is 0 Å². The van der Waals surface area contributed by atoms with Crippen molar-refractivity contribution in [3.63, 3.8) is 0 Å². The van der Waals surface area contributed by atoms with Gasteiger partial charge in [0.1, 0.15) is 5.82 Å². The summed E-state index contributed by atoms with van der Waals surface area (Å²) in [6, 6.07) is 2.22. The van der Waals surface area contributed by atoms with Gasteiger partial charge in [-0.25, -0.2) is 9.18 Å². The molecule has 0 bridgehead atoms. The maximum absolute atomic E-state index is 12.8. The zero-order valence-corrected chi connectivity index (χ0v) is 10.4. The van der Waals surface area contributed by atoms with E-state index in [-0.39, 0.29) is 11.3 Å². The molecule has 0 aliphatic heterocycles. The van der Waals surface area contributed by atoms with Crippen LogP contribution in [0.3, 0.4) is 0 Å². The highest BCUT2D eigenvalue weighted by atomic mass is 79.9. The molecule has 0 atom stereocenters. The summed E-state index contributed by atoms with van der Waals surface area (Å²) in [5.41, 5.74) is 5.71. The van der Waals surface area contributed by atoms with Gasteiger partial charge in [-0.1, -0.05) is 13.8 Å². The maximum atomic E-state index is 12.8. The number of hydrogen-bond acceptors (Lipinski definition) is 3. The fourth-order valence-corrected chi connectivity index (χ4v) is 1.30. The normalized spacial score (nSPS) is 8.87. The molecule has 0 aliphatic rings. The summed E-state index contributed by atoms with van der Waals surface area (Å²) in [6.45, 7) is 4.00. The predicted molar refractivity (Wildman–Crippen MR) is 61.2 cm³/mol. The van der Waals surface area contributed by atoms with E-state index in [1.165, 1.54) is 13.2 Å². The van der Waals surface area contributed by atoms with Gasteiger partial charge in [-0.15, -0.1) is 0 Å². The van der Waals surface area contributed by atoms with Crippen molar-refractivity contribution >= 4 is 27.6 Å². The van der Waals surface area contributed by atoms with E-state index < -0.39 is 11.8 Å². The zero-order chi connectivity index (χ0) is 12.0. The number of anilines is 1. The van der Waals surface area contributed by atoms with Gasteiger partial charge in [0.2, 0.25) is 0 Å². The highest BCUT2D eigenvalue weighted by molar-refractivity contribution is 9.10. The summed E-state index contributed by atoms with van der Waals surface area (Å²) < 4.78 is 17.6. The second-order valence-electron chi connectivity index (χ2n) is 2.34. The smallest absolute Gasteiger partial charge is 0.340 e. The lowest BCUT2D eigenvalue weighted by Crippen LogP contribution is -2.06. The quantitative estimate of drug-likeness (QED) is 0.634. The third-order valence-electron chi connectivity index (χ3n) is 1.50. The molecule has 0 fully saturated rings. The molecule has 2 N–H and O–H groups in total. The van der Waals surface area contributed by atoms with E-state index in [0.717, 1.165) is 6.07 Å². The zero-order valence-electron chi connectivity index (χ0n) is 8.80. The van der Waals surface area contributed by atoms with Crippen LogP contribution in [0.5, 0.6) is 0 Å². The van der Waals surface area contributed by atoms with Crippen LogP contribution in [0.15, 0.2) is 16.6 Å². The number of benzene rings is 1. The van der Waals surface area contributed by atoms with E-state index in [2.05, 4.69) is 20.7 Å². The van der Waals surface area contributed by atoms with Gasteiger partial charge in [-0.2, -0.15) is 0 Å². The van der Waals surface area contributed by atoms with E-state index in [4.69, 9.17) is 5.73 Å². The minimum absolute atomic E-state index is 0.0226. The Morgan fingerprint density at radius 2 is 2.00 bits per heavy atom. The second-order valence-corrected chi connectivity index (χ2v) is 3.19. The van der Waals surface area contributed by atoms with Crippen molar-refractivity contribution in [1.82, 2.24) is 0 Å². The van der Waals surface area contributed by atoms with Crippen molar-refractivity contribution in [2.24, 2.45) is 0 Å². The van der Waals surface area contributed by atoms with Crippen molar-refractivity contribution in [2.75, 3.05) is 12.8 Å². The Morgan fingerprint density at radius 1 is 1.47 bits per heavy atom. The Labute approximate surface area is 96.5 Å². The number of esters is 1. The third kappa shape index (κ3) is 3.51. The fourth-order valence-electron chi connectivity index (χ4n) is 0.864. The van der Waals surface area contributed by atoms with Crippen LogP contribution in [-0.2, 0) is 4.74 Å². The molecule has 84 valence electrons. The Balaban J connectivity index is 0.000000921. The summed E-state index contributed by atoms with van der Waals surface area (Å²) in [4.78, 5) is 11.0. The summed E-state index contributed by atoms with van der Waals surface area (Å²) in [5, 5.41) is 0. The lowest BCUT2D eigenvalue weighted by atomic mass is 10.2. The molecule has 0 amide bonds. The van der Waals surface area contributed by atoms with Gasteiger partial charge in [-0.05, 0) is 28.1 Å². The number of nitrogen functional groups attached to an aromatic ring is 1. The molecule has 1 aromatic carbocycles. The lowest BCUT2D eigenvalue weighted by molar-refractivity contribution is 0.0601. The van der Waals surface area contributed by atoms with E-state index in [0.29, 0.717) is 4.47 Å². The standard InChI is InChI=1S/C8H7BrFNO2.C2H6/c1-13-8(12)5-2-4(10)3-6(9)7(5)11;1-2/h2-3H,11H2,1H3;1-2H3. The van der Waals surface area contributed by atoms with Gasteiger partial charge in [-0.3, -0.25) is 0 Å². The molecule has 0 radical (unpaired) electrons. The van der Waals surface area contributed by atoms with E-state index in [9.17, 15) is 9.18 Å². The lowest BCUT2D eigenvalue weighted by Gasteiger charge is -2.05. The number of methoxy groups -OCH3 is 1. The molecule has 15 heavy (non-hydrogen) atoms. The van der Waals surface area contributed by atoms with Crippen LogP contribution in [0.4, 0.5) is 10.1 Å². The molecule has 3 nitrogen and oxygen atoms in total. The molecule has 0 saturated carbocycles. The minimum Gasteiger partial charge on any atom is -0.465 e. The first-order valence-electron chi connectivity index (χ1n) is 4.39. The fraction of sp³-hybridized carbons (Fsp3) is 0.300. The first kappa shape index (κ1) is 13.9. The molecule has 0 aliphatic carbocycles. The number of carbonyl (C=O) groups excluding carboxylic acids is 1. The topological polar surface area (TPSA) is 52.3 Å². The Morgan fingerprint density at radius 3 is 2.47 bits per heavy atom. The highest BCUT2D eigenvalue weighted by Crippen LogP contribution is 2.25. The number of halogens is 2. The van der Waals surface area contributed by atoms with Crippen molar-refractivity contribution in [2.45, 2.75) is 13.8 Å². The van der Waals surface area contributed by atoms with Gasteiger partial charge in [0.15, 0.2) is 0 Å². The van der Waals surface area contributed by atoms with Crippen LogP contribution in [-0.4, -0.2) is 13.1 Å². The Kier molecular flexibility index (Phi) is 5.93. The largest absolute Gasteiger partial charge is 0.465 e. The van der Waals surface area contributed by atoms with E-state index in [1.807, 2.05) is 13.8 Å². The van der Waals surface area contributed by atoms with Crippen molar-refractivity contribution in [3.05, 3.63) is 28.0 Å². The number of ether oxygens (including phenoxy) is 1. The second kappa shape index (κ2) is 6.40. The molecular formula is C10H13BrFNO2. The van der Waals surface area contributed by atoms with Gasteiger partial charge in [0.05, 0.1) is 18.4 Å². The number of carbonyl (C=O) groups is 1. The first-order chi connectivity index (χ1) is 7.06. The molecular weight excluding hydrogens is 265 g/mol. The molecule has 0 heterocycles. The summed E-state index contributed by atoms with van der Waals surface area (Å²) in [6.07, 6.45) is 0. The first-order valence-corrected chi connectivity index (χ1v) is 5.18. The summed E-state index contributed by atoms with van der Waals surface area (Å²) in [5.74, 6) is -1.20. The highest BCUT2D eigenvalue weighted by Gasteiger charge is 2.13. The number of nitrogens with two attached hydrogens (primary N) is 1. The Hall–Kier alpha value is -1.10. The minimum atomic E-state index is -0.655. The molecule has 0 saturated heterocycles. The average molecular weight is 278 g/mol. The monoisotopic (exact) mass is 277 g/mol. The third-order valence-corrected chi connectivity index (χ3v) is 2.16. The molecule has 0 unspecified atom stereocenters. The van der Waals surface area contributed by atoms with Gasteiger partial charge in [0.25, 0.3) is 0 Å². The van der Waals surface area contributed by atoms with Crippen LogP contribution >= 0.6 is 15.9 Å². The van der Waals surface area contributed by atoms with Crippen LogP contribution in [0.25, 0.3) is 0 Å². The van der Waals surface area contributed by atoms with Crippen molar-refractivity contribution < 1.29 is 13.9 Å². The number of rotatable bonds is 1. The van der Waals surface area contributed by atoms with Gasteiger partial charge >= 0.3 is 5.97 Å². The molecule has 0 aromatic heterocycles. The van der Waals surface area contributed by atoms with E-state index >= 15 is 0 Å². The van der Waals surface area contributed by atoms with Crippen LogP contribution in [0.1, 0.15) is 24.2 Å². The molecule has 0 spiro atoms. The van der Waals surface area contributed by atoms with Crippen LogP contribution < -0.4 is 5.73 Å². The molecule has 5 heteroatoms. The SMILES string of the molecule is CC.COC(=O)c1cc(F)cc(Br)c1N. The van der Waals surface area contributed by atoms with Crippen molar-refractivity contribution in [3.8, 4) is 0 Å². The van der Waals surface area contributed by atoms with Gasteiger partial charge in [0, 0.05) is 4.47 Å². The predicted octanol–water partition coefficient (Wildman–Crippen LogP) is 2.98. The van der Waals surface area contributed by atoms with E-state index in [1.54, 1.807) is 0 Å². The average Bonchev–Trinajstić information content (AvgIpc) is 2.25. The Bertz CT molecular complexity index is 356. The maximum Gasteiger partial charge on any atom is 0.340 e. The molecule has 1 rings (SSSR count). The summed E-state index contributed by atoms with van der Waals surface area (Å²) >= 11 is 3.02. The van der Waals surface area contributed by atoms with Gasteiger partial charge < -0.3 is 10.5 Å². The summed E-state index contributed by atoms with van der Waals surface area (Å²) in [7, 11) is 1.21.